The van der Waals surface area contributed by atoms with Crippen molar-refractivity contribution in [2.75, 3.05) is 6.54 Å². The third kappa shape index (κ3) is 1.99. The normalized spacial score (nSPS) is 17.7. The fourth-order valence-corrected chi connectivity index (χ4v) is 3.51. The number of amides is 1. The topological polar surface area (TPSA) is 58.7 Å². The standard InChI is InChI=1S/C18H17N3O/c19-18-20-16(22)11-21(18)17-14-7-3-1-5-12(14)9-10-13-6-2-4-8-15(13)17/h1-8,17H,9-11H2,(H2,19,20,22). The molecular formula is C18H17N3O. The maximum atomic E-state index is 11.7. The Balaban J connectivity index is 1.92. The predicted molar refractivity (Wildman–Crippen MR) is 85.5 cm³/mol. The van der Waals surface area contributed by atoms with E-state index in [0.29, 0.717) is 5.96 Å². The van der Waals surface area contributed by atoms with Crippen LogP contribution in [0.4, 0.5) is 0 Å². The first-order valence-corrected chi connectivity index (χ1v) is 7.53. The third-order valence-corrected chi connectivity index (χ3v) is 4.51. The number of carbonyl (C=O) groups is 1. The van der Waals surface area contributed by atoms with Crippen LogP contribution in [0.1, 0.15) is 28.3 Å². The van der Waals surface area contributed by atoms with Crippen molar-refractivity contribution in [3.8, 4) is 0 Å². The molecule has 0 bridgehead atoms. The van der Waals surface area contributed by atoms with Crippen LogP contribution < -0.4 is 5.73 Å². The van der Waals surface area contributed by atoms with E-state index in [0.717, 1.165) is 12.8 Å². The zero-order chi connectivity index (χ0) is 15.1. The van der Waals surface area contributed by atoms with Crippen molar-refractivity contribution < 1.29 is 4.79 Å². The summed E-state index contributed by atoms with van der Waals surface area (Å²) in [7, 11) is 0. The number of benzene rings is 2. The van der Waals surface area contributed by atoms with E-state index in [1.165, 1.54) is 22.3 Å². The van der Waals surface area contributed by atoms with E-state index in [9.17, 15) is 4.79 Å². The highest BCUT2D eigenvalue weighted by atomic mass is 16.2. The molecule has 0 spiro atoms. The maximum absolute atomic E-state index is 11.7. The van der Waals surface area contributed by atoms with Crippen LogP contribution in [0.5, 0.6) is 0 Å². The van der Waals surface area contributed by atoms with Gasteiger partial charge in [0.1, 0.15) is 6.54 Å². The van der Waals surface area contributed by atoms with E-state index in [2.05, 4.69) is 41.4 Å². The first-order valence-electron chi connectivity index (χ1n) is 7.53. The van der Waals surface area contributed by atoms with Crippen molar-refractivity contribution in [3.63, 3.8) is 0 Å². The Hall–Kier alpha value is -2.62. The molecule has 0 atom stereocenters. The molecule has 110 valence electrons. The number of carbonyl (C=O) groups excluding carboxylic acids is 1. The Bertz CT molecular complexity index is 734. The predicted octanol–water partition coefficient (Wildman–Crippen LogP) is 2.03. The minimum absolute atomic E-state index is 0.0369. The minimum atomic E-state index is -0.170. The van der Waals surface area contributed by atoms with Crippen LogP contribution >= 0.6 is 0 Å². The van der Waals surface area contributed by atoms with Crippen LogP contribution in [0.15, 0.2) is 53.5 Å². The first-order chi connectivity index (χ1) is 10.7. The fourth-order valence-electron chi connectivity index (χ4n) is 3.51. The van der Waals surface area contributed by atoms with Gasteiger partial charge < -0.3 is 10.6 Å². The van der Waals surface area contributed by atoms with Crippen LogP contribution in [0.2, 0.25) is 0 Å². The molecule has 4 heteroatoms. The van der Waals surface area contributed by atoms with E-state index in [-0.39, 0.29) is 18.5 Å². The summed E-state index contributed by atoms with van der Waals surface area (Å²) in [6, 6.07) is 16.8. The highest BCUT2D eigenvalue weighted by molar-refractivity contribution is 6.00. The molecule has 0 unspecified atom stereocenters. The second-order valence-corrected chi connectivity index (χ2v) is 5.79. The Morgan fingerprint density at radius 1 is 0.955 bits per heavy atom. The molecule has 1 aliphatic carbocycles. The summed E-state index contributed by atoms with van der Waals surface area (Å²) in [5, 5.41) is 0. The number of rotatable bonds is 1. The van der Waals surface area contributed by atoms with Gasteiger partial charge in [0.2, 0.25) is 5.96 Å². The molecule has 0 saturated carbocycles. The number of nitrogens with zero attached hydrogens (tertiary/aromatic N) is 2. The summed E-state index contributed by atoms with van der Waals surface area (Å²) < 4.78 is 0. The van der Waals surface area contributed by atoms with Gasteiger partial charge in [0, 0.05) is 0 Å². The van der Waals surface area contributed by atoms with Gasteiger partial charge in [-0.15, -0.1) is 0 Å². The average molecular weight is 291 g/mol. The van der Waals surface area contributed by atoms with Crippen molar-refractivity contribution in [1.29, 1.82) is 0 Å². The van der Waals surface area contributed by atoms with Crippen molar-refractivity contribution in [1.82, 2.24) is 4.90 Å². The second kappa shape index (κ2) is 4.98. The molecule has 2 aliphatic rings. The number of nitrogens with two attached hydrogens (primary N) is 1. The molecular weight excluding hydrogens is 274 g/mol. The summed E-state index contributed by atoms with van der Waals surface area (Å²) in [6.45, 7) is 0.249. The van der Waals surface area contributed by atoms with Gasteiger partial charge in [0.05, 0.1) is 6.04 Å². The van der Waals surface area contributed by atoms with Crippen molar-refractivity contribution in [3.05, 3.63) is 70.8 Å². The van der Waals surface area contributed by atoms with E-state index < -0.39 is 0 Å². The highest BCUT2D eigenvalue weighted by Crippen LogP contribution is 2.37. The lowest BCUT2D eigenvalue weighted by atomic mass is 9.93. The summed E-state index contributed by atoms with van der Waals surface area (Å²) in [5.41, 5.74) is 11.1. The molecule has 2 aromatic rings. The van der Waals surface area contributed by atoms with Crippen molar-refractivity contribution in [2.24, 2.45) is 10.7 Å². The molecule has 1 aliphatic heterocycles. The SMILES string of the molecule is NC1=NC(=O)CN1C1c2ccccc2CCc2ccccc21. The summed E-state index contributed by atoms with van der Waals surface area (Å²) in [5.74, 6) is 0.151. The summed E-state index contributed by atoms with van der Waals surface area (Å²) in [4.78, 5) is 17.5. The molecule has 1 amide bonds. The largest absolute Gasteiger partial charge is 0.369 e. The van der Waals surface area contributed by atoms with Gasteiger partial charge in [-0.1, -0.05) is 48.5 Å². The molecule has 0 radical (unpaired) electrons. The number of fused-ring (bicyclic) bond motifs is 2. The van der Waals surface area contributed by atoms with Crippen LogP contribution in [0.25, 0.3) is 0 Å². The molecule has 4 nitrogen and oxygen atoms in total. The molecule has 0 saturated heterocycles. The van der Waals surface area contributed by atoms with Gasteiger partial charge in [-0.05, 0) is 35.1 Å². The van der Waals surface area contributed by atoms with Gasteiger partial charge >= 0.3 is 0 Å². The number of aryl methyl sites for hydroxylation is 2. The second-order valence-electron chi connectivity index (χ2n) is 5.79. The van der Waals surface area contributed by atoms with Crippen LogP contribution in [-0.4, -0.2) is 23.3 Å². The van der Waals surface area contributed by atoms with E-state index in [1.807, 2.05) is 17.0 Å². The Morgan fingerprint density at radius 2 is 1.50 bits per heavy atom. The van der Waals surface area contributed by atoms with E-state index >= 15 is 0 Å². The Labute approximate surface area is 129 Å². The lowest BCUT2D eigenvalue weighted by Crippen LogP contribution is -2.38. The number of hydrogen-bond donors (Lipinski definition) is 1. The average Bonchev–Trinajstić information content (AvgIpc) is 2.78. The van der Waals surface area contributed by atoms with E-state index in [1.54, 1.807) is 0 Å². The molecule has 2 N–H and O–H groups in total. The zero-order valence-corrected chi connectivity index (χ0v) is 12.2. The lowest BCUT2D eigenvalue weighted by molar-refractivity contribution is -0.117. The monoisotopic (exact) mass is 291 g/mol. The van der Waals surface area contributed by atoms with Crippen LogP contribution in [0, 0.1) is 0 Å². The molecule has 0 fully saturated rings. The van der Waals surface area contributed by atoms with Crippen molar-refractivity contribution >= 4 is 11.9 Å². The first kappa shape index (κ1) is 13.1. The number of hydrogen-bond acceptors (Lipinski definition) is 3. The van der Waals surface area contributed by atoms with Gasteiger partial charge in [-0.25, -0.2) is 0 Å². The molecule has 4 rings (SSSR count). The van der Waals surface area contributed by atoms with E-state index in [4.69, 9.17) is 5.73 Å². The molecule has 22 heavy (non-hydrogen) atoms. The maximum Gasteiger partial charge on any atom is 0.268 e. The zero-order valence-electron chi connectivity index (χ0n) is 12.2. The Morgan fingerprint density at radius 3 is 2.00 bits per heavy atom. The van der Waals surface area contributed by atoms with Gasteiger partial charge in [-0.2, -0.15) is 4.99 Å². The summed E-state index contributed by atoms with van der Waals surface area (Å²) >= 11 is 0. The lowest BCUT2D eigenvalue weighted by Gasteiger charge is -2.30. The highest BCUT2D eigenvalue weighted by Gasteiger charge is 2.33. The van der Waals surface area contributed by atoms with Gasteiger partial charge in [0.15, 0.2) is 0 Å². The smallest absolute Gasteiger partial charge is 0.268 e. The molecule has 1 heterocycles. The van der Waals surface area contributed by atoms with Gasteiger partial charge in [0.25, 0.3) is 5.91 Å². The fraction of sp³-hybridized carbons (Fsp3) is 0.222. The van der Waals surface area contributed by atoms with Crippen molar-refractivity contribution in [2.45, 2.75) is 18.9 Å². The van der Waals surface area contributed by atoms with Crippen LogP contribution in [0.3, 0.4) is 0 Å². The third-order valence-electron chi connectivity index (χ3n) is 4.51. The summed E-state index contributed by atoms with van der Waals surface area (Å²) in [6.07, 6.45) is 2.01. The molecule has 2 aromatic carbocycles. The minimum Gasteiger partial charge on any atom is -0.369 e. The van der Waals surface area contributed by atoms with Crippen LogP contribution in [-0.2, 0) is 17.6 Å². The molecule has 0 aromatic heterocycles. The van der Waals surface area contributed by atoms with Gasteiger partial charge in [-0.3, -0.25) is 4.79 Å². The Kier molecular flexibility index (Phi) is 2.96. The number of aliphatic imine (C=N–C) groups is 1. The quantitative estimate of drug-likeness (QED) is 0.874. The number of guanidine groups is 1.